The number of hydrogen-bond acceptors (Lipinski definition) is 3. The Bertz CT molecular complexity index is 623. The predicted molar refractivity (Wildman–Crippen MR) is 90.2 cm³/mol. The summed E-state index contributed by atoms with van der Waals surface area (Å²) in [6.07, 6.45) is 2.73. The molecule has 0 bridgehead atoms. The molecule has 0 unspecified atom stereocenters. The topological polar surface area (TPSA) is 72.5 Å². The molecule has 0 fully saturated rings. The van der Waals surface area contributed by atoms with E-state index in [2.05, 4.69) is 22.2 Å². The second kappa shape index (κ2) is 8.02. The Kier molecular flexibility index (Phi) is 5.77. The molecular weight excluding hydrogens is 276 g/mol. The highest BCUT2D eigenvalue weighted by Gasteiger charge is 1.98. The van der Waals surface area contributed by atoms with Gasteiger partial charge in [-0.3, -0.25) is 0 Å². The number of aliphatic imine (C=N–C) groups is 1. The van der Waals surface area contributed by atoms with Crippen molar-refractivity contribution >= 4 is 11.6 Å². The molecular formula is C17H22N4O. The van der Waals surface area contributed by atoms with E-state index in [1.807, 2.05) is 43.3 Å². The van der Waals surface area contributed by atoms with Crippen LogP contribution in [0.2, 0.25) is 0 Å². The minimum atomic E-state index is 0.386. The largest absolute Gasteiger partial charge is 0.478 e. The van der Waals surface area contributed by atoms with E-state index in [1.54, 1.807) is 6.20 Å². The zero-order valence-corrected chi connectivity index (χ0v) is 13.0. The second-order valence-corrected chi connectivity index (χ2v) is 5.05. The number of ether oxygens (including phenoxy) is 1. The number of nitrogens with one attached hydrogen (secondary N) is 1. The van der Waals surface area contributed by atoms with Gasteiger partial charge >= 0.3 is 0 Å². The normalized spacial score (nSPS) is 11.3. The zero-order chi connectivity index (χ0) is 15.8. The lowest BCUT2D eigenvalue weighted by Crippen LogP contribution is -2.22. The quantitative estimate of drug-likeness (QED) is 0.635. The molecule has 5 nitrogen and oxygen atoms in total. The van der Waals surface area contributed by atoms with Crippen molar-refractivity contribution in [3.63, 3.8) is 0 Å². The summed E-state index contributed by atoms with van der Waals surface area (Å²) >= 11 is 0. The van der Waals surface area contributed by atoms with Crippen molar-refractivity contribution in [3.05, 3.63) is 53.7 Å². The van der Waals surface area contributed by atoms with Crippen LogP contribution in [0.4, 0.5) is 5.69 Å². The molecule has 5 heteroatoms. The Labute approximate surface area is 131 Å². The van der Waals surface area contributed by atoms with Gasteiger partial charge < -0.3 is 15.8 Å². The third-order valence-corrected chi connectivity index (χ3v) is 2.97. The van der Waals surface area contributed by atoms with Crippen molar-refractivity contribution in [2.24, 2.45) is 10.7 Å². The zero-order valence-electron chi connectivity index (χ0n) is 13.0. The van der Waals surface area contributed by atoms with E-state index < -0.39 is 0 Å². The fourth-order valence-electron chi connectivity index (χ4n) is 1.88. The second-order valence-electron chi connectivity index (χ2n) is 5.05. The molecule has 0 spiro atoms. The van der Waals surface area contributed by atoms with Crippen LogP contribution >= 0.6 is 0 Å². The van der Waals surface area contributed by atoms with Crippen molar-refractivity contribution in [2.75, 3.05) is 11.9 Å². The first-order chi connectivity index (χ1) is 10.7. The molecule has 0 aliphatic carbocycles. The maximum absolute atomic E-state index is 5.89. The van der Waals surface area contributed by atoms with Crippen molar-refractivity contribution in [3.8, 4) is 5.88 Å². The van der Waals surface area contributed by atoms with Crippen LogP contribution in [0.5, 0.6) is 5.88 Å². The van der Waals surface area contributed by atoms with Gasteiger partial charge in [0.25, 0.3) is 0 Å². The molecule has 0 saturated heterocycles. The van der Waals surface area contributed by atoms with E-state index in [4.69, 9.17) is 10.5 Å². The summed E-state index contributed by atoms with van der Waals surface area (Å²) in [4.78, 5) is 8.55. The van der Waals surface area contributed by atoms with Gasteiger partial charge in [0, 0.05) is 18.0 Å². The predicted octanol–water partition coefficient (Wildman–Crippen LogP) is 3.11. The summed E-state index contributed by atoms with van der Waals surface area (Å²) in [6.45, 7) is 5.25. The molecule has 0 saturated carbocycles. The van der Waals surface area contributed by atoms with Gasteiger partial charge in [-0.15, -0.1) is 0 Å². The number of guanidine groups is 1. The highest BCUT2D eigenvalue weighted by Crippen LogP contribution is 2.10. The van der Waals surface area contributed by atoms with Gasteiger partial charge in [-0.25, -0.2) is 9.98 Å². The van der Waals surface area contributed by atoms with Crippen LogP contribution in [0.15, 0.2) is 47.6 Å². The fraction of sp³-hybridized carbons (Fsp3) is 0.294. The summed E-state index contributed by atoms with van der Waals surface area (Å²) in [6, 6.07) is 11.8. The molecule has 2 aromatic rings. The van der Waals surface area contributed by atoms with Gasteiger partial charge in [0.05, 0.1) is 13.2 Å². The van der Waals surface area contributed by atoms with Crippen LogP contribution in [0.3, 0.4) is 0 Å². The number of benzene rings is 1. The lowest BCUT2D eigenvalue weighted by atomic mass is 10.2. The molecule has 0 atom stereocenters. The molecule has 1 aromatic heterocycles. The molecule has 1 heterocycles. The minimum Gasteiger partial charge on any atom is -0.478 e. The molecule has 0 amide bonds. The molecule has 116 valence electrons. The highest BCUT2D eigenvalue weighted by atomic mass is 16.5. The minimum absolute atomic E-state index is 0.386. The molecule has 2 rings (SSSR count). The molecule has 0 aliphatic rings. The van der Waals surface area contributed by atoms with Crippen LogP contribution in [0, 0.1) is 6.92 Å². The Balaban J connectivity index is 1.90. The van der Waals surface area contributed by atoms with E-state index in [9.17, 15) is 0 Å². The first-order valence-corrected chi connectivity index (χ1v) is 7.38. The van der Waals surface area contributed by atoms with Gasteiger partial charge in [0.1, 0.15) is 0 Å². The van der Waals surface area contributed by atoms with Crippen LogP contribution < -0.4 is 15.8 Å². The highest BCUT2D eigenvalue weighted by molar-refractivity contribution is 5.92. The van der Waals surface area contributed by atoms with E-state index in [0.29, 0.717) is 25.0 Å². The van der Waals surface area contributed by atoms with E-state index in [-0.39, 0.29) is 0 Å². The number of anilines is 1. The number of aromatic nitrogens is 1. The van der Waals surface area contributed by atoms with Gasteiger partial charge in [0.2, 0.25) is 5.88 Å². The van der Waals surface area contributed by atoms with Crippen molar-refractivity contribution < 1.29 is 4.74 Å². The lowest BCUT2D eigenvalue weighted by Gasteiger charge is -2.07. The standard InChI is InChI=1S/C17H22N4O/c1-3-9-22-16-8-7-14(11-19-16)12-20-17(18)21-15-6-4-5-13(2)10-15/h4-8,10-11H,3,9,12H2,1-2H3,(H3,18,20,21). The van der Waals surface area contributed by atoms with Gasteiger partial charge in [-0.1, -0.05) is 25.1 Å². The van der Waals surface area contributed by atoms with Crippen LogP contribution in [-0.4, -0.2) is 17.6 Å². The summed E-state index contributed by atoms with van der Waals surface area (Å²) in [7, 11) is 0. The number of nitrogens with two attached hydrogens (primary N) is 1. The fourth-order valence-corrected chi connectivity index (χ4v) is 1.88. The van der Waals surface area contributed by atoms with Gasteiger partial charge in [-0.05, 0) is 36.6 Å². The summed E-state index contributed by atoms with van der Waals surface area (Å²) in [5.41, 5.74) is 8.98. The molecule has 0 aliphatic heterocycles. The van der Waals surface area contributed by atoms with E-state index in [1.165, 1.54) is 5.56 Å². The number of aryl methyl sites for hydroxylation is 1. The Hall–Kier alpha value is -2.56. The summed E-state index contributed by atoms with van der Waals surface area (Å²) in [5, 5.41) is 3.07. The third kappa shape index (κ3) is 5.09. The maximum Gasteiger partial charge on any atom is 0.213 e. The number of rotatable bonds is 6. The van der Waals surface area contributed by atoms with Crippen LogP contribution in [-0.2, 0) is 6.54 Å². The molecule has 22 heavy (non-hydrogen) atoms. The van der Waals surface area contributed by atoms with Crippen molar-refractivity contribution in [1.29, 1.82) is 0 Å². The van der Waals surface area contributed by atoms with Crippen molar-refractivity contribution in [2.45, 2.75) is 26.8 Å². The Morgan fingerprint density at radius 1 is 1.32 bits per heavy atom. The molecule has 3 N–H and O–H groups in total. The molecule has 1 aromatic carbocycles. The average Bonchev–Trinajstić information content (AvgIpc) is 2.52. The SMILES string of the molecule is CCCOc1ccc(CN=C(N)Nc2cccc(C)c2)cn1. The van der Waals surface area contributed by atoms with E-state index >= 15 is 0 Å². The monoisotopic (exact) mass is 298 g/mol. The first-order valence-electron chi connectivity index (χ1n) is 7.38. The van der Waals surface area contributed by atoms with E-state index in [0.717, 1.165) is 17.7 Å². The third-order valence-electron chi connectivity index (χ3n) is 2.97. The average molecular weight is 298 g/mol. The van der Waals surface area contributed by atoms with Crippen LogP contribution in [0.25, 0.3) is 0 Å². The Morgan fingerprint density at radius 3 is 2.86 bits per heavy atom. The first kappa shape index (κ1) is 15.8. The van der Waals surface area contributed by atoms with Gasteiger partial charge in [0.15, 0.2) is 5.96 Å². The Morgan fingerprint density at radius 2 is 2.18 bits per heavy atom. The van der Waals surface area contributed by atoms with Gasteiger partial charge in [-0.2, -0.15) is 0 Å². The summed E-state index contributed by atoms with van der Waals surface area (Å²) < 4.78 is 5.44. The van der Waals surface area contributed by atoms with Crippen LogP contribution in [0.1, 0.15) is 24.5 Å². The smallest absolute Gasteiger partial charge is 0.213 e. The maximum atomic E-state index is 5.89. The number of hydrogen-bond donors (Lipinski definition) is 2. The number of pyridine rings is 1. The molecule has 0 radical (unpaired) electrons. The van der Waals surface area contributed by atoms with Crippen molar-refractivity contribution in [1.82, 2.24) is 4.98 Å². The summed E-state index contributed by atoms with van der Waals surface area (Å²) in [5.74, 6) is 1.03. The lowest BCUT2D eigenvalue weighted by molar-refractivity contribution is 0.305. The number of nitrogens with zero attached hydrogens (tertiary/aromatic N) is 2.